The van der Waals surface area contributed by atoms with E-state index in [2.05, 4.69) is 25.6 Å². The van der Waals surface area contributed by atoms with Gasteiger partial charge in [-0.3, -0.25) is 20.3 Å². The zero-order valence-electron chi connectivity index (χ0n) is 22.9. The highest BCUT2D eigenvalue weighted by atomic mass is 19.1. The molecular formula is C26H29FN8O8. The summed E-state index contributed by atoms with van der Waals surface area (Å²) in [5.41, 5.74) is 5.32. The smallest absolute Gasteiger partial charge is 0.349 e. The number of carboxylic acids is 2. The van der Waals surface area contributed by atoms with Crippen LogP contribution in [0.25, 0.3) is 5.82 Å². The van der Waals surface area contributed by atoms with Crippen molar-refractivity contribution in [3.8, 4) is 17.3 Å². The first-order valence-electron chi connectivity index (χ1n) is 12.4. The lowest BCUT2D eigenvalue weighted by atomic mass is 10.0. The molecule has 1 atom stereocenters. The number of nitrogens with two attached hydrogens (primary N) is 1. The molecule has 0 fully saturated rings. The normalized spacial score (nSPS) is 11.2. The highest BCUT2D eigenvalue weighted by Gasteiger charge is 2.28. The average molecular weight is 601 g/mol. The van der Waals surface area contributed by atoms with Crippen molar-refractivity contribution in [2.24, 2.45) is 5.73 Å². The molecule has 0 saturated carbocycles. The van der Waals surface area contributed by atoms with Crippen molar-refractivity contribution >= 4 is 23.5 Å². The molecule has 0 bridgehead atoms. The number of nitrogen functional groups attached to an aromatic ring is 1. The second-order valence-corrected chi connectivity index (χ2v) is 8.71. The van der Waals surface area contributed by atoms with Gasteiger partial charge in [-0.1, -0.05) is 0 Å². The summed E-state index contributed by atoms with van der Waals surface area (Å²) in [5.74, 6) is -3.27. The molecule has 16 nitrogen and oxygen atoms in total. The first-order chi connectivity index (χ1) is 20.5. The molecule has 0 aliphatic rings. The van der Waals surface area contributed by atoms with Crippen LogP contribution in [0.5, 0.6) is 11.5 Å². The molecule has 0 unspecified atom stereocenters. The number of benzene rings is 2. The molecule has 0 aliphatic heterocycles. The fraction of sp³-hybridized carbons (Fsp3) is 0.231. The number of aliphatic hydroxyl groups is 1. The third kappa shape index (κ3) is 7.94. The lowest BCUT2D eigenvalue weighted by molar-refractivity contribution is -0.134. The van der Waals surface area contributed by atoms with Gasteiger partial charge in [0.15, 0.2) is 23.2 Å². The number of aromatic carboxylic acids is 1. The Labute approximate surface area is 242 Å². The Balaban J connectivity index is 0.00000119. The van der Waals surface area contributed by atoms with Gasteiger partial charge in [0.05, 0.1) is 19.9 Å². The summed E-state index contributed by atoms with van der Waals surface area (Å²) < 4.78 is 27.4. The summed E-state index contributed by atoms with van der Waals surface area (Å²) in [7, 11) is 1.39. The van der Waals surface area contributed by atoms with E-state index in [4.69, 9.17) is 35.6 Å². The van der Waals surface area contributed by atoms with Gasteiger partial charge in [-0.25, -0.2) is 14.0 Å². The lowest BCUT2D eigenvalue weighted by Gasteiger charge is -2.21. The molecule has 43 heavy (non-hydrogen) atoms. The zero-order valence-corrected chi connectivity index (χ0v) is 22.9. The van der Waals surface area contributed by atoms with Gasteiger partial charge in [0, 0.05) is 42.8 Å². The maximum atomic E-state index is 15.8. The van der Waals surface area contributed by atoms with Gasteiger partial charge >= 0.3 is 11.7 Å². The van der Waals surface area contributed by atoms with Gasteiger partial charge in [-0.05, 0) is 30.3 Å². The Morgan fingerprint density at radius 1 is 1.23 bits per heavy atom. The van der Waals surface area contributed by atoms with E-state index in [0.29, 0.717) is 11.3 Å². The van der Waals surface area contributed by atoms with Crippen LogP contribution in [0.3, 0.4) is 0 Å². The Morgan fingerprint density at radius 3 is 2.49 bits per heavy atom. The summed E-state index contributed by atoms with van der Waals surface area (Å²) in [6, 6.07) is 7.97. The van der Waals surface area contributed by atoms with Crippen LogP contribution in [0, 0.1) is 11.2 Å². The van der Waals surface area contributed by atoms with Gasteiger partial charge in [0.1, 0.15) is 23.2 Å². The Bertz CT molecular complexity index is 1640. The molecule has 9 N–H and O–H groups in total. The molecule has 228 valence electrons. The van der Waals surface area contributed by atoms with E-state index in [1.165, 1.54) is 19.2 Å². The number of hydrogen-bond donors (Lipinski definition) is 8. The molecule has 0 spiro atoms. The number of carboxylic acid groups (broad SMARTS) is 2. The highest BCUT2D eigenvalue weighted by Crippen LogP contribution is 2.35. The van der Waals surface area contributed by atoms with Gasteiger partial charge in [-0.15, -0.1) is 5.10 Å². The molecule has 0 radical (unpaired) electrons. The van der Waals surface area contributed by atoms with E-state index in [0.717, 1.165) is 17.8 Å². The fourth-order valence-electron chi connectivity index (χ4n) is 3.70. The van der Waals surface area contributed by atoms with Crippen LogP contribution >= 0.6 is 0 Å². The first kappa shape index (κ1) is 31.8. The number of aromatic nitrogens is 5. The lowest BCUT2D eigenvalue weighted by Crippen LogP contribution is -2.18. The molecule has 2 aromatic heterocycles. The number of methoxy groups -OCH3 is 1. The van der Waals surface area contributed by atoms with E-state index in [-0.39, 0.29) is 59.7 Å². The number of hydrogen-bond acceptors (Lipinski definition) is 10. The van der Waals surface area contributed by atoms with Gasteiger partial charge in [0.2, 0.25) is 0 Å². The number of aromatic amines is 2. The number of aliphatic carboxylic acids is 1. The van der Waals surface area contributed by atoms with Crippen molar-refractivity contribution in [1.29, 1.82) is 5.41 Å². The van der Waals surface area contributed by atoms with Crippen molar-refractivity contribution in [2.45, 2.75) is 19.4 Å². The van der Waals surface area contributed by atoms with Gasteiger partial charge < -0.3 is 35.8 Å². The molecule has 2 aromatic carbocycles. The first-order valence-corrected chi connectivity index (χ1v) is 12.4. The monoisotopic (exact) mass is 600 g/mol. The van der Waals surface area contributed by atoms with E-state index in [1.54, 1.807) is 24.3 Å². The minimum absolute atomic E-state index is 0.0204. The molecule has 4 aromatic rings. The molecule has 0 amide bonds. The number of anilines is 1. The number of halogens is 1. The number of rotatable bonds is 12. The summed E-state index contributed by atoms with van der Waals surface area (Å²) in [6.45, 7) is 0.970. The van der Waals surface area contributed by atoms with Crippen molar-refractivity contribution < 1.29 is 38.8 Å². The zero-order chi connectivity index (χ0) is 31.7. The standard InChI is InChI=1S/C24H25FN8O6.C2H4O2/c1-38-14-9-15(18(25)17(10-14)39-8-2-7-34)19(29-13-5-3-12(4-6-13)20(26)27)21-30-24(37)33(32-21)22-16(23(35)36)11-28-31-22;1-2(3)4/h3-6,9-11,19,29,34H,2,7-8H2,1H3,(H3,26,27)(H,28,31)(H,35,36)(H,30,32,37);1H3,(H,3,4)/t19-;/m0./s1. The van der Waals surface area contributed by atoms with Crippen molar-refractivity contribution in [3.05, 3.63) is 81.4 Å². The van der Waals surface area contributed by atoms with E-state index in [9.17, 15) is 14.7 Å². The third-order valence-corrected chi connectivity index (χ3v) is 5.62. The van der Waals surface area contributed by atoms with E-state index < -0.39 is 29.5 Å². The summed E-state index contributed by atoms with van der Waals surface area (Å²) in [5, 5.41) is 46.9. The largest absolute Gasteiger partial charge is 0.497 e. The minimum Gasteiger partial charge on any atom is -0.497 e. The van der Waals surface area contributed by atoms with Crippen LogP contribution in [0.2, 0.25) is 0 Å². The molecular weight excluding hydrogens is 571 g/mol. The van der Waals surface area contributed by atoms with Crippen LogP contribution in [0.1, 0.15) is 46.7 Å². The van der Waals surface area contributed by atoms with Crippen LogP contribution in [0.15, 0.2) is 47.4 Å². The number of nitrogens with zero attached hydrogens (tertiary/aromatic N) is 3. The summed E-state index contributed by atoms with van der Waals surface area (Å²) >= 11 is 0. The average Bonchev–Trinajstić information content (AvgIpc) is 3.59. The number of H-pyrrole nitrogens is 2. The van der Waals surface area contributed by atoms with E-state index >= 15 is 4.39 Å². The third-order valence-electron chi connectivity index (χ3n) is 5.62. The predicted octanol–water partition coefficient (Wildman–Crippen LogP) is 1.47. The van der Waals surface area contributed by atoms with Crippen molar-refractivity contribution in [1.82, 2.24) is 25.0 Å². The molecule has 0 aliphatic carbocycles. The van der Waals surface area contributed by atoms with Crippen molar-refractivity contribution in [2.75, 3.05) is 25.6 Å². The maximum Gasteiger partial charge on any atom is 0.349 e. The Morgan fingerprint density at radius 2 is 1.91 bits per heavy atom. The summed E-state index contributed by atoms with van der Waals surface area (Å²) in [6.07, 6.45) is 1.30. The molecule has 2 heterocycles. The number of aliphatic hydroxyl groups excluding tert-OH is 1. The minimum atomic E-state index is -1.33. The van der Waals surface area contributed by atoms with E-state index in [1.807, 2.05) is 0 Å². The Kier molecular flexibility index (Phi) is 10.6. The second kappa shape index (κ2) is 14.3. The number of carbonyl (C=O) groups is 2. The highest BCUT2D eigenvalue weighted by molar-refractivity contribution is 5.95. The predicted molar refractivity (Wildman–Crippen MR) is 150 cm³/mol. The molecule has 17 heteroatoms. The number of nitrogens with one attached hydrogen (secondary N) is 4. The Hall–Kier alpha value is -5.71. The van der Waals surface area contributed by atoms with Crippen LogP contribution in [-0.4, -0.2) is 78.4 Å². The number of ether oxygens (including phenoxy) is 2. The van der Waals surface area contributed by atoms with Crippen molar-refractivity contribution in [3.63, 3.8) is 0 Å². The second-order valence-electron chi connectivity index (χ2n) is 8.71. The van der Waals surface area contributed by atoms with Crippen LogP contribution < -0.4 is 26.2 Å². The van der Waals surface area contributed by atoms with Gasteiger partial charge in [-0.2, -0.15) is 9.78 Å². The number of amidine groups is 1. The van der Waals surface area contributed by atoms with Gasteiger partial charge in [0.25, 0.3) is 5.97 Å². The quantitative estimate of drug-likeness (QED) is 0.0653. The fourth-order valence-corrected chi connectivity index (χ4v) is 3.70. The SMILES string of the molecule is CC(=O)O.COc1cc(OCCCO)c(F)c([C@H](Nc2ccc(C(=N)N)cc2)c2nn(-c3[nH]ncc3C(=O)O)c(=O)[nH]2)c1. The van der Waals surface area contributed by atoms with Crippen LogP contribution in [0.4, 0.5) is 10.1 Å². The molecule has 4 rings (SSSR count). The van der Waals surface area contributed by atoms with Crippen LogP contribution in [-0.2, 0) is 4.79 Å². The summed E-state index contributed by atoms with van der Waals surface area (Å²) in [4.78, 5) is 35.9. The maximum absolute atomic E-state index is 15.8. The topological polar surface area (TPSA) is 255 Å². The molecule has 0 saturated heterocycles.